The molecule has 188 valence electrons. The van der Waals surface area contributed by atoms with Gasteiger partial charge in [-0.2, -0.15) is 4.72 Å². The summed E-state index contributed by atoms with van der Waals surface area (Å²) in [5, 5.41) is 2.72. The minimum Gasteiger partial charge on any atom is -0.456 e. The fraction of sp³-hybridized carbons (Fsp3) is 0.240. The first-order chi connectivity index (χ1) is 17.1. The van der Waals surface area contributed by atoms with E-state index in [1.165, 1.54) is 23.5 Å². The first kappa shape index (κ1) is 26.0. The molecule has 0 saturated carbocycles. The van der Waals surface area contributed by atoms with Crippen molar-refractivity contribution < 1.29 is 17.9 Å². The Bertz CT molecular complexity index is 1580. The lowest BCUT2D eigenvalue weighted by Crippen LogP contribution is -2.45. The average molecular weight is 546 g/mol. The molecule has 0 spiro atoms. The number of aryl methyl sites for hydroxylation is 1. The maximum absolute atomic E-state index is 12.9. The molecule has 0 fully saturated rings. The summed E-state index contributed by atoms with van der Waals surface area (Å²) in [5.41, 5.74) is 1.92. The van der Waals surface area contributed by atoms with Crippen molar-refractivity contribution in [3.8, 4) is 11.1 Å². The van der Waals surface area contributed by atoms with Crippen molar-refractivity contribution in [2.24, 2.45) is 5.92 Å². The van der Waals surface area contributed by atoms with Crippen LogP contribution in [0.2, 0.25) is 5.02 Å². The molecule has 0 bridgehead atoms. The van der Waals surface area contributed by atoms with Crippen LogP contribution in [0.3, 0.4) is 0 Å². The standard InChI is InChI=1S/C25H24ClN3O5S2/c1-14(2)22(29-36(32,33)16-10-8-15(3)9-11-16)25(31)34-12-20-27-23(30)21-18(13-35-24(21)28-20)17-6-4-5-7-19(17)26/h4-11,13-14,22,29H,12H2,1-3H3,(H,27,28,30). The molecule has 2 N–H and O–H groups in total. The predicted octanol–water partition coefficient (Wildman–Crippen LogP) is 4.66. The second kappa shape index (κ2) is 10.5. The van der Waals surface area contributed by atoms with Crippen molar-refractivity contribution in [2.75, 3.05) is 0 Å². The van der Waals surface area contributed by atoms with Crippen molar-refractivity contribution >= 4 is 49.1 Å². The van der Waals surface area contributed by atoms with Crippen LogP contribution in [0.15, 0.2) is 63.6 Å². The van der Waals surface area contributed by atoms with Crippen LogP contribution >= 0.6 is 22.9 Å². The van der Waals surface area contributed by atoms with Crippen LogP contribution in [0.25, 0.3) is 21.3 Å². The van der Waals surface area contributed by atoms with Gasteiger partial charge >= 0.3 is 5.97 Å². The van der Waals surface area contributed by atoms with Crippen LogP contribution in [0.5, 0.6) is 0 Å². The number of fused-ring (bicyclic) bond motifs is 1. The number of H-pyrrole nitrogens is 1. The number of nitrogens with one attached hydrogen (secondary N) is 2. The molecule has 8 nitrogen and oxygen atoms in total. The third-order valence-corrected chi connectivity index (χ3v) is 8.20. The highest BCUT2D eigenvalue weighted by molar-refractivity contribution is 7.89. The molecule has 0 aliphatic carbocycles. The zero-order chi connectivity index (χ0) is 26.0. The summed E-state index contributed by atoms with van der Waals surface area (Å²) in [7, 11) is -3.95. The van der Waals surface area contributed by atoms with Gasteiger partial charge in [-0.1, -0.05) is 61.3 Å². The number of sulfonamides is 1. The molecule has 0 aliphatic heterocycles. The van der Waals surface area contributed by atoms with E-state index in [-0.39, 0.29) is 28.8 Å². The van der Waals surface area contributed by atoms with Crippen LogP contribution in [0, 0.1) is 12.8 Å². The van der Waals surface area contributed by atoms with Crippen LogP contribution in [-0.4, -0.2) is 30.4 Å². The van der Waals surface area contributed by atoms with Crippen molar-refractivity contribution in [1.29, 1.82) is 0 Å². The van der Waals surface area contributed by atoms with Crippen LogP contribution in [-0.2, 0) is 26.2 Å². The van der Waals surface area contributed by atoms with E-state index in [1.807, 2.05) is 19.1 Å². The second-order valence-corrected chi connectivity index (χ2v) is 11.6. The number of halogens is 1. The lowest BCUT2D eigenvalue weighted by molar-refractivity contribution is -0.148. The summed E-state index contributed by atoms with van der Waals surface area (Å²) in [6.07, 6.45) is 0. The number of thiophene rings is 1. The molecule has 4 aromatic rings. The Hall–Kier alpha value is -3.05. The Balaban J connectivity index is 1.52. The van der Waals surface area contributed by atoms with Crippen LogP contribution in [0.4, 0.5) is 0 Å². The number of nitrogens with zero attached hydrogens (tertiary/aromatic N) is 1. The van der Waals surface area contributed by atoms with Gasteiger partial charge in [0, 0.05) is 21.5 Å². The molecule has 2 heterocycles. The summed E-state index contributed by atoms with van der Waals surface area (Å²) < 4.78 is 33.3. The maximum Gasteiger partial charge on any atom is 0.324 e. The van der Waals surface area contributed by atoms with E-state index in [0.29, 0.717) is 20.8 Å². The summed E-state index contributed by atoms with van der Waals surface area (Å²) >= 11 is 7.57. The van der Waals surface area contributed by atoms with Gasteiger partial charge in [0.05, 0.1) is 10.3 Å². The van der Waals surface area contributed by atoms with Crippen molar-refractivity contribution in [1.82, 2.24) is 14.7 Å². The van der Waals surface area contributed by atoms with E-state index in [4.69, 9.17) is 16.3 Å². The van der Waals surface area contributed by atoms with E-state index in [1.54, 1.807) is 43.5 Å². The lowest BCUT2D eigenvalue weighted by Gasteiger charge is -2.20. The average Bonchev–Trinajstić information content (AvgIpc) is 3.26. The SMILES string of the molecule is Cc1ccc(S(=O)(=O)NC(C(=O)OCc2nc3scc(-c4ccccc4Cl)c3c(=O)[nH]2)C(C)C)cc1. The van der Waals surface area contributed by atoms with E-state index in [9.17, 15) is 18.0 Å². The van der Waals surface area contributed by atoms with Gasteiger partial charge in [-0.05, 0) is 31.0 Å². The summed E-state index contributed by atoms with van der Waals surface area (Å²) in [6.45, 7) is 4.94. The Morgan fingerprint density at radius 1 is 1.14 bits per heavy atom. The number of benzene rings is 2. The van der Waals surface area contributed by atoms with Gasteiger partial charge in [0.15, 0.2) is 0 Å². The second-order valence-electron chi connectivity index (χ2n) is 8.59. The van der Waals surface area contributed by atoms with Gasteiger partial charge in [0.25, 0.3) is 5.56 Å². The number of carbonyl (C=O) groups is 1. The zero-order valence-corrected chi connectivity index (χ0v) is 22.1. The molecule has 4 rings (SSSR count). The van der Waals surface area contributed by atoms with Gasteiger partial charge in [-0.25, -0.2) is 13.4 Å². The number of esters is 1. The smallest absolute Gasteiger partial charge is 0.324 e. The fourth-order valence-electron chi connectivity index (χ4n) is 3.58. The topological polar surface area (TPSA) is 118 Å². The minimum absolute atomic E-state index is 0.0509. The Morgan fingerprint density at radius 2 is 1.83 bits per heavy atom. The van der Waals surface area contributed by atoms with E-state index >= 15 is 0 Å². The first-order valence-corrected chi connectivity index (χ1v) is 13.8. The van der Waals surface area contributed by atoms with E-state index in [0.717, 1.165) is 11.1 Å². The number of carbonyl (C=O) groups excluding carboxylic acids is 1. The van der Waals surface area contributed by atoms with Crippen LogP contribution < -0.4 is 10.3 Å². The molecule has 0 radical (unpaired) electrons. The third kappa shape index (κ3) is 5.52. The molecule has 1 unspecified atom stereocenters. The molecule has 0 saturated heterocycles. The Morgan fingerprint density at radius 3 is 2.50 bits per heavy atom. The van der Waals surface area contributed by atoms with Gasteiger partial charge in [-0.15, -0.1) is 11.3 Å². The fourth-order valence-corrected chi connectivity index (χ4v) is 6.11. The summed E-state index contributed by atoms with van der Waals surface area (Å²) in [6, 6.07) is 12.4. The quantitative estimate of drug-likeness (QED) is 0.311. The zero-order valence-electron chi connectivity index (χ0n) is 19.7. The molecule has 0 aliphatic rings. The molecule has 36 heavy (non-hydrogen) atoms. The highest BCUT2D eigenvalue weighted by Crippen LogP contribution is 2.34. The van der Waals surface area contributed by atoms with E-state index in [2.05, 4.69) is 14.7 Å². The first-order valence-electron chi connectivity index (χ1n) is 11.1. The van der Waals surface area contributed by atoms with Gasteiger partial charge in [-0.3, -0.25) is 9.59 Å². The van der Waals surface area contributed by atoms with Gasteiger partial charge in [0.1, 0.15) is 23.3 Å². The molecule has 2 aromatic heterocycles. The number of rotatable bonds is 8. The molecule has 1 atom stereocenters. The molecule has 0 amide bonds. The highest BCUT2D eigenvalue weighted by atomic mass is 35.5. The number of hydrogen-bond acceptors (Lipinski definition) is 7. The Labute approximate surface area is 217 Å². The normalized spacial score (nSPS) is 12.7. The number of hydrogen-bond donors (Lipinski definition) is 2. The molecular weight excluding hydrogens is 522 g/mol. The van der Waals surface area contributed by atoms with Crippen molar-refractivity contribution in [2.45, 2.75) is 38.3 Å². The van der Waals surface area contributed by atoms with Crippen molar-refractivity contribution in [3.05, 3.63) is 80.7 Å². The third-order valence-electron chi connectivity index (χ3n) is 5.54. The van der Waals surface area contributed by atoms with Gasteiger partial charge < -0.3 is 9.72 Å². The highest BCUT2D eigenvalue weighted by Gasteiger charge is 2.30. The number of aromatic amines is 1. The molecular formula is C25H24ClN3O5S2. The largest absolute Gasteiger partial charge is 0.456 e. The number of ether oxygens (including phenoxy) is 1. The minimum atomic E-state index is -3.95. The van der Waals surface area contributed by atoms with Crippen molar-refractivity contribution in [3.63, 3.8) is 0 Å². The summed E-state index contributed by atoms with van der Waals surface area (Å²) in [4.78, 5) is 33.3. The van der Waals surface area contributed by atoms with E-state index < -0.39 is 22.0 Å². The summed E-state index contributed by atoms with van der Waals surface area (Å²) in [5.74, 6) is -1.01. The maximum atomic E-state index is 12.9. The predicted molar refractivity (Wildman–Crippen MR) is 141 cm³/mol. The molecule has 2 aromatic carbocycles. The molecule has 11 heteroatoms. The monoisotopic (exact) mass is 545 g/mol. The lowest BCUT2D eigenvalue weighted by atomic mass is 10.1. The van der Waals surface area contributed by atoms with Gasteiger partial charge in [0.2, 0.25) is 10.0 Å². The number of aromatic nitrogens is 2. The van der Waals surface area contributed by atoms with Crippen LogP contribution in [0.1, 0.15) is 25.2 Å². The Kier molecular flexibility index (Phi) is 7.60.